The molecule has 0 amide bonds. The molecule has 19 heavy (non-hydrogen) atoms. The highest BCUT2D eigenvalue weighted by Crippen LogP contribution is 2.37. The summed E-state index contributed by atoms with van der Waals surface area (Å²) in [5.41, 5.74) is 1.76. The summed E-state index contributed by atoms with van der Waals surface area (Å²) in [6.45, 7) is 1.91. The molecule has 0 bridgehead atoms. The van der Waals surface area contributed by atoms with Crippen LogP contribution in [0.1, 0.15) is 11.1 Å². The van der Waals surface area contributed by atoms with Gasteiger partial charge in [0.05, 0.1) is 16.7 Å². The first kappa shape index (κ1) is 14.7. The fraction of sp³-hybridized carbons (Fsp3) is 0.143. The van der Waals surface area contributed by atoms with Crippen LogP contribution in [0.25, 0.3) is 0 Å². The van der Waals surface area contributed by atoms with Crippen LogP contribution in [-0.2, 0) is 6.61 Å². The van der Waals surface area contributed by atoms with Crippen molar-refractivity contribution in [3.05, 3.63) is 56.0 Å². The largest absolute Gasteiger partial charge is 0.455 e. The zero-order chi connectivity index (χ0) is 14.0. The van der Waals surface area contributed by atoms with Crippen molar-refractivity contribution in [2.24, 2.45) is 0 Å². The molecular formula is C14H11BrCl2O2. The fourth-order valence-electron chi connectivity index (χ4n) is 1.63. The average molecular weight is 362 g/mol. The minimum Gasteiger partial charge on any atom is -0.455 e. The lowest BCUT2D eigenvalue weighted by molar-refractivity contribution is 0.281. The van der Waals surface area contributed by atoms with Crippen molar-refractivity contribution in [1.29, 1.82) is 0 Å². The molecule has 0 aliphatic heterocycles. The van der Waals surface area contributed by atoms with Gasteiger partial charge in [-0.1, -0.05) is 35.3 Å². The molecule has 0 aliphatic carbocycles. The maximum Gasteiger partial charge on any atom is 0.147 e. The number of aryl methyl sites for hydroxylation is 1. The lowest BCUT2D eigenvalue weighted by Gasteiger charge is -2.12. The number of benzene rings is 2. The van der Waals surface area contributed by atoms with E-state index in [1.165, 1.54) is 0 Å². The molecular weight excluding hydrogens is 351 g/mol. The second kappa shape index (κ2) is 6.14. The molecule has 0 aliphatic rings. The number of aliphatic hydroxyl groups is 1. The Morgan fingerprint density at radius 1 is 1.11 bits per heavy atom. The molecule has 2 aromatic rings. The van der Waals surface area contributed by atoms with Crippen LogP contribution < -0.4 is 4.74 Å². The number of hydrogen-bond donors (Lipinski definition) is 1. The minimum atomic E-state index is 0.00594. The molecule has 0 saturated heterocycles. The van der Waals surface area contributed by atoms with Gasteiger partial charge in [-0.15, -0.1) is 0 Å². The molecule has 100 valence electrons. The van der Waals surface area contributed by atoms with Crippen LogP contribution in [0, 0.1) is 6.92 Å². The van der Waals surface area contributed by atoms with E-state index in [4.69, 9.17) is 33.0 Å². The van der Waals surface area contributed by atoms with E-state index in [1.54, 1.807) is 24.3 Å². The van der Waals surface area contributed by atoms with Gasteiger partial charge in [0.1, 0.15) is 11.5 Å². The van der Waals surface area contributed by atoms with E-state index in [0.717, 1.165) is 15.6 Å². The second-order valence-electron chi connectivity index (χ2n) is 4.06. The number of rotatable bonds is 3. The first-order valence-electron chi connectivity index (χ1n) is 5.54. The molecule has 5 heteroatoms. The van der Waals surface area contributed by atoms with E-state index >= 15 is 0 Å². The molecule has 0 heterocycles. The highest BCUT2D eigenvalue weighted by Gasteiger charge is 2.09. The van der Waals surface area contributed by atoms with E-state index in [9.17, 15) is 0 Å². The summed E-state index contributed by atoms with van der Waals surface area (Å²) in [5.74, 6) is 1.17. The average Bonchev–Trinajstić information content (AvgIpc) is 2.38. The van der Waals surface area contributed by atoms with Crippen molar-refractivity contribution in [2.75, 3.05) is 0 Å². The normalized spacial score (nSPS) is 10.6. The summed E-state index contributed by atoms with van der Waals surface area (Å²) in [6, 6.07) is 8.82. The standard InChI is InChI=1S/C14H11BrCl2O2/c1-8-4-9(7-18)2-3-13(8)19-14-6-11(16)10(15)5-12(14)17/h2-6,18H,7H2,1H3. The van der Waals surface area contributed by atoms with E-state index in [2.05, 4.69) is 15.9 Å². The molecule has 1 N–H and O–H groups in total. The zero-order valence-electron chi connectivity index (χ0n) is 10.1. The van der Waals surface area contributed by atoms with Crippen molar-refractivity contribution in [1.82, 2.24) is 0 Å². The van der Waals surface area contributed by atoms with Gasteiger partial charge >= 0.3 is 0 Å². The molecule has 0 radical (unpaired) electrons. The van der Waals surface area contributed by atoms with E-state index < -0.39 is 0 Å². The predicted octanol–water partition coefficient (Wildman–Crippen LogP) is 5.35. The third-order valence-electron chi connectivity index (χ3n) is 2.62. The zero-order valence-corrected chi connectivity index (χ0v) is 13.2. The van der Waals surface area contributed by atoms with Gasteiger partial charge in [0.25, 0.3) is 0 Å². The fourth-order valence-corrected chi connectivity index (χ4v) is 2.46. The second-order valence-corrected chi connectivity index (χ2v) is 5.73. The predicted molar refractivity (Wildman–Crippen MR) is 81.3 cm³/mol. The lowest BCUT2D eigenvalue weighted by Crippen LogP contribution is -1.91. The van der Waals surface area contributed by atoms with Gasteiger partial charge in [0.2, 0.25) is 0 Å². The number of hydrogen-bond acceptors (Lipinski definition) is 2. The highest BCUT2D eigenvalue weighted by atomic mass is 79.9. The SMILES string of the molecule is Cc1cc(CO)ccc1Oc1cc(Cl)c(Br)cc1Cl. The Labute approximate surface area is 130 Å². The molecule has 0 atom stereocenters. The summed E-state index contributed by atoms with van der Waals surface area (Å²) < 4.78 is 6.48. The molecule has 0 fully saturated rings. The Hall–Kier alpha value is -0.740. The highest BCUT2D eigenvalue weighted by molar-refractivity contribution is 9.10. The topological polar surface area (TPSA) is 29.5 Å². The Balaban J connectivity index is 2.33. The van der Waals surface area contributed by atoms with Crippen LogP contribution in [0.5, 0.6) is 11.5 Å². The number of halogens is 3. The van der Waals surface area contributed by atoms with E-state index in [0.29, 0.717) is 21.5 Å². The number of ether oxygens (including phenoxy) is 1. The molecule has 0 aromatic heterocycles. The van der Waals surface area contributed by atoms with Crippen molar-refractivity contribution in [2.45, 2.75) is 13.5 Å². The van der Waals surface area contributed by atoms with Crippen LogP contribution in [0.3, 0.4) is 0 Å². The van der Waals surface area contributed by atoms with Gasteiger partial charge in [-0.05, 0) is 46.1 Å². The molecule has 2 rings (SSSR count). The third-order valence-corrected chi connectivity index (χ3v) is 4.11. The molecule has 0 saturated carbocycles. The van der Waals surface area contributed by atoms with Crippen LogP contribution >= 0.6 is 39.1 Å². The molecule has 0 spiro atoms. The first-order valence-corrected chi connectivity index (χ1v) is 7.09. The Morgan fingerprint density at radius 2 is 1.84 bits per heavy atom. The van der Waals surface area contributed by atoms with Crippen molar-refractivity contribution in [3.8, 4) is 11.5 Å². The maximum absolute atomic E-state index is 9.07. The van der Waals surface area contributed by atoms with Crippen molar-refractivity contribution < 1.29 is 9.84 Å². The van der Waals surface area contributed by atoms with Gasteiger partial charge in [-0.25, -0.2) is 0 Å². The molecule has 2 aromatic carbocycles. The van der Waals surface area contributed by atoms with Crippen LogP contribution in [0.4, 0.5) is 0 Å². The number of aliphatic hydroxyl groups excluding tert-OH is 1. The van der Waals surface area contributed by atoms with Crippen molar-refractivity contribution in [3.63, 3.8) is 0 Å². The molecule has 0 unspecified atom stereocenters. The van der Waals surface area contributed by atoms with Crippen LogP contribution in [-0.4, -0.2) is 5.11 Å². The maximum atomic E-state index is 9.07. The summed E-state index contributed by atoms with van der Waals surface area (Å²) in [5, 5.41) is 10.1. The Bertz CT molecular complexity index is 615. The first-order chi connectivity index (χ1) is 9.01. The Morgan fingerprint density at radius 3 is 2.47 bits per heavy atom. The summed E-state index contributed by atoms with van der Waals surface area (Å²) in [4.78, 5) is 0. The molecule has 2 nitrogen and oxygen atoms in total. The summed E-state index contributed by atoms with van der Waals surface area (Å²) in [6.07, 6.45) is 0. The van der Waals surface area contributed by atoms with E-state index in [1.807, 2.05) is 13.0 Å². The lowest BCUT2D eigenvalue weighted by atomic mass is 10.1. The van der Waals surface area contributed by atoms with Gasteiger partial charge in [0.15, 0.2) is 0 Å². The van der Waals surface area contributed by atoms with Gasteiger partial charge in [-0.2, -0.15) is 0 Å². The minimum absolute atomic E-state index is 0.00594. The van der Waals surface area contributed by atoms with Gasteiger partial charge in [-0.3, -0.25) is 0 Å². The summed E-state index contributed by atoms with van der Waals surface area (Å²) in [7, 11) is 0. The summed E-state index contributed by atoms with van der Waals surface area (Å²) >= 11 is 15.4. The third kappa shape index (κ3) is 3.42. The smallest absolute Gasteiger partial charge is 0.147 e. The van der Waals surface area contributed by atoms with Crippen LogP contribution in [0.15, 0.2) is 34.8 Å². The Kier molecular flexibility index (Phi) is 4.74. The van der Waals surface area contributed by atoms with Crippen molar-refractivity contribution >= 4 is 39.1 Å². The van der Waals surface area contributed by atoms with Crippen LogP contribution in [0.2, 0.25) is 10.0 Å². The van der Waals surface area contributed by atoms with Gasteiger partial charge < -0.3 is 9.84 Å². The quantitative estimate of drug-likeness (QED) is 0.746. The monoisotopic (exact) mass is 360 g/mol. The van der Waals surface area contributed by atoms with Gasteiger partial charge in [0, 0.05) is 10.5 Å². The van der Waals surface area contributed by atoms with E-state index in [-0.39, 0.29) is 6.61 Å².